The van der Waals surface area contributed by atoms with Gasteiger partial charge < -0.3 is 0 Å². The summed E-state index contributed by atoms with van der Waals surface area (Å²) in [4.78, 5) is 2.23. The van der Waals surface area contributed by atoms with Gasteiger partial charge in [-0.05, 0) is 45.0 Å². The van der Waals surface area contributed by atoms with Crippen LogP contribution in [0.15, 0.2) is 49.1 Å². The molecule has 0 unspecified atom stereocenters. The van der Waals surface area contributed by atoms with E-state index < -0.39 is 0 Å². The predicted molar refractivity (Wildman–Crippen MR) is 89.3 cm³/mol. The first-order chi connectivity index (χ1) is 9.38. The molecule has 0 aliphatic rings. The zero-order valence-corrected chi connectivity index (χ0v) is 13.1. The second-order valence-corrected chi connectivity index (χ2v) is 6.09. The van der Waals surface area contributed by atoms with Crippen LogP contribution in [0.5, 0.6) is 0 Å². The summed E-state index contributed by atoms with van der Waals surface area (Å²) in [6.45, 7) is 12.2. The first-order valence-corrected chi connectivity index (χ1v) is 6.98. The molecule has 1 heteroatoms. The molecule has 1 nitrogen and oxygen atoms in total. The minimum Gasteiger partial charge on any atom is -0.298 e. The van der Waals surface area contributed by atoms with E-state index in [1.807, 2.05) is 24.3 Å². The second-order valence-electron chi connectivity index (χ2n) is 6.09. The fraction of sp³-hybridized carbons (Fsp3) is 0.368. The summed E-state index contributed by atoms with van der Waals surface area (Å²) in [6.07, 6.45) is 4.03. The van der Waals surface area contributed by atoms with Gasteiger partial charge in [-0.15, -0.1) is 0 Å². The Kier molecular flexibility index (Phi) is 6.28. The number of allylic oxidation sites excluding steroid dienone is 1. The monoisotopic (exact) mass is 267 g/mol. The first kappa shape index (κ1) is 16.3. The van der Waals surface area contributed by atoms with E-state index in [1.54, 1.807) is 0 Å². The number of hydrogen-bond acceptors (Lipinski definition) is 1. The summed E-state index contributed by atoms with van der Waals surface area (Å²) in [5, 5.41) is 0. The van der Waals surface area contributed by atoms with E-state index in [-0.39, 0.29) is 5.41 Å². The van der Waals surface area contributed by atoms with Crippen molar-refractivity contribution in [3.05, 3.63) is 54.6 Å². The highest BCUT2D eigenvalue weighted by Gasteiger charge is 2.03. The van der Waals surface area contributed by atoms with E-state index in [0.29, 0.717) is 0 Å². The van der Waals surface area contributed by atoms with Gasteiger partial charge >= 0.3 is 0 Å². The van der Waals surface area contributed by atoms with Crippen LogP contribution in [0, 0.1) is 17.3 Å². The predicted octanol–water partition coefficient (Wildman–Crippen LogP) is 4.24. The molecular formula is C19H25N. The molecule has 0 bridgehead atoms. The van der Waals surface area contributed by atoms with Crippen molar-refractivity contribution in [1.29, 1.82) is 0 Å². The highest BCUT2D eigenvalue weighted by atomic mass is 15.1. The van der Waals surface area contributed by atoms with Crippen LogP contribution in [-0.4, -0.2) is 25.0 Å². The number of rotatable bonds is 5. The highest BCUT2D eigenvalue weighted by molar-refractivity contribution is 5.64. The molecule has 0 N–H and O–H groups in total. The van der Waals surface area contributed by atoms with Gasteiger partial charge in [0, 0.05) is 18.5 Å². The third-order valence-electron chi connectivity index (χ3n) is 2.71. The maximum Gasteiger partial charge on any atom is 0.0234 e. The van der Waals surface area contributed by atoms with Crippen LogP contribution in [0.3, 0.4) is 0 Å². The Labute approximate surface area is 124 Å². The molecular weight excluding hydrogens is 242 g/mol. The molecule has 0 radical (unpaired) electrons. The molecule has 0 aliphatic carbocycles. The summed E-state index contributed by atoms with van der Waals surface area (Å²) < 4.78 is 0. The average Bonchev–Trinajstić information content (AvgIpc) is 2.38. The smallest absolute Gasteiger partial charge is 0.0234 e. The Hall–Kier alpha value is -1.78. The normalized spacial score (nSPS) is 11.4. The fourth-order valence-electron chi connectivity index (χ4n) is 1.71. The van der Waals surface area contributed by atoms with Gasteiger partial charge in [-0.25, -0.2) is 0 Å². The molecule has 0 spiro atoms. The summed E-state index contributed by atoms with van der Waals surface area (Å²) >= 11 is 0. The lowest BCUT2D eigenvalue weighted by atomic mass is 9.98. The molecule has 0 saturated carbocycles. The number of likely N-dealkylation sites (N-methyl/N-ethyl adjacent to an activating group) is 1. The molecule has 1 rings (SSSR count). The Bertz CT molecular complexity index is 506. The highest BCUT2D eigenvalue weighted by Crippen LogP contribution is 2.12. The quantitative estimate of drug-likeness (QED) is 0.721. The van der Waals surface area contributed by atoms with Gasteiger partial charge in [0.05, 0.1) is 0 Å². The first-order valence-electron chi connectivity index (χ1n) is 6.98. The van der Waals surface area contributed by atoms with Crippen molar-refractivity contribution in [2.45, 2.75) is 20.8 Å². The van der Waals surface area contributed by atoms with Gasteiger partial charge in [0.1, 0.15) is 0 Å². The van der Waals surface area contributed by atoms with E-state index in [9.17, 15) is 0 Å². The van der Waals surface area contributed by atoms with Crippen molar-refractivity contribution >= 4 is 5.57 Å². The van der Waals surface area contributed by atoms with E-state index in [0.717, 1.165) is 18.7 Å². The second kappa shape index (κ2) is 7.72. The molecule has 0 heterocycles. The van der Waals surface area contributed by atoms with Crippen LogP contribution in [0.2, 0.25) is 0 Å². The summed E-state index contributed by atoms with van der Waals surface area (Å²) in [6, 6.07) is 10.3. The van der Waals surface area contributed by atoms with E-state index in [4.69, 9.17) is 0 Å². The lowest BCUT2D eigenvalue weighted by molar-refractivity contribution is 0.419. The lowest BCUT2D eigenvalue weighted by Gasteiger charge is -2.16. The molecule has 1 aromatic rings. The van der Waals surface area contributed by atoms with Gasteiger partial charge in [0.25, 0.3) is 0 Å². The van der Waals surface area contributed by atoms with Crippen LogP contribution in [0.4, 0.5) is 0 Å². The molecule has 0 amide bonds. The average molecular weight is 267 g/mol. The summed E-state index contributed by atoms with van der Waals surface area (Å²) in [5.74, 6) is 6.28. The third kappa shape index (κ3) is 6.97. The van der Waals surface area contributed by atoms with E-state index in [1.165, 1.54) is 5.56 Å². The Morgan fingerprint density at radius 3 is 2.50 bits per heavy atom. The van der Waals surface area contributed by atoms with Gasteiger partial charge in [-0.3, -0.25) is 4.90 Å². The largest absolute Gasteiger partial charge is 0.298 e. The van der Waals surface area contributed by atoms with Gasteiger partial charge in [0.2, 0.25) is 0 Å². The van der Waals surface area contributed by atoms with Gasteiger partial charge in [0.15, 0.2) is 0 Å². The molecule has 0 fully saturated rings. The van der Waals surface area contributed by atoms with Crippen LogP contribution >= 0.6 is 0 Å². The summed E-state index contributed by atoms with van der Waals surface area (Å²) in [7, 11) is 2.09. The van der Waals surface area contributed by atoms with Crippen LogP contribution < -0.4 is 0 Å². The van der Waals surface area contributed by atoms with Crippen LogP contribution in [0.1, 0.15) is 26.3 Å². The third-order valence-corrected chi connectivity index (χ3v) is 2.71. The Morgan fingerprint density at radius 1 is 1.25 bits per heavy atom. The standard InChI is InChI=1S/C19H25N/c1-17(18-12-8-6-9-13-18)16-20(5)15-11-7-10-14-19(2,3)4/h6-9,11-13H,1,15-16H2,2-5H3/b11-7+. The minimum atomic E-state index is 0.0673. The zero-order valence-electron chi connectivity index (χ0n) is 13.1. The number of hydrogen-bond donors (Lipinski definition) is 0. The topological polar surface area (TPSA) is 3.24 Å². The maximum atomic E-state index is 4.15. The molecule has 0 aliphatic heterocycles. The van der Waals surface area contributed by atoms with Crippen molar-refractivity contribution in [3.8, 4) is 11.8 Å². The fourth-order valence-corrected chi connectivity index (χ4v) is 1.71. The van der Waals surface area contributed by atoms with Crippen LogP contribution in [0.25, 0.3) is 5.57 Å². The molecule has 106 valence electrons. The van der Waals surface area contributed by atoms with Crippen molar-refractivity contribution < 1.29 is 0 Å². The van der Waals surface area contributed by atoms with E-state index in [2.05, 4.69) is 69.3 Å². The molecule has 0 atom stereocenters. The molecule has 0 saturated heterocycles. The SMILES string of the molecule is C=C(CN(C)C/C=C/C#CC(C)(C)C)c1ccccc1. The lowest BCUT2D eigenvalue weighted by Crippen LogP contribution is -2.20. The Morgan fingerprint density at radius 2 is 1.90 bits per heavy atom. The van der Waals surface area contributed by atoms with Gasteiger partial charge in [-0.1, -0.05) is 54.8 Å². The zero-order chi connectivity index (χ0) is 15.0. The maximum absolute atomic E-state index is 4.15. The van der Waals surface area contributed by atoms with Crippen molar-refractivity contribution in [1.82, 2.24) is 4.90 Å². The summed E-state index contributed by atoms with van der Waals surface area (Å²) in [5.41, 5.74) is 2.41. The molecule has 0 aromatic heterocycles. The van der Waals surface area contributed by atoms with E-state index >= 15 is 0 Å². The number of benzene rings is 1. The molecule has 20 heavy (non-hydrogen) atoms. The Balaban J connectivity index is 2.40. The molecule has 1 aromatic carbocycles. The number of nitrogens with zero attached hydrogens (tertiary/aromatic N) is 1. The van der Waals surface area contributed by atoms with Crippen molar-refractivity contribution in [2.24, 2.45) is 5.41 Å². The van der Waals surface area contributed by atoms with Gasteiger partial charge in [-0.2, -0.15) is 0 Å². The van der Waals surface area contributed by atoms with Crippen LogP contribution in [-0.2, 0) is 0 Å². The minimum absolute atomic E-state index is 0.0673. The van der Waals surface area contributed by atoms with Crippen molar-refractivity contribution in [2.75, 3.05) is 20.1 Å². The van der Waals surface area contributed by atoms with Crippen molar-refractivity contribution in [3.63, 3.8) is 0 Å².